The SMILES string of the molecule is Cc1ccc(C(=O)N2CCC[C@H](O)C2)cc1Cl. The van der Waals surface area contributed by atoms with Gasteiger partial charge in [-0.2, -0.15) is 0 Å². The van der Waals surface area contributed by atoms with E-state index in [0.717, 1.165) is 18.4 Å². The Morgan fingerprint density at radius 3 is 2.94 bits per heavy atom. The highest BCUT2D eigenvalue weighted by atomic mass is 35.5. The molecule has 17 heavy (non-hydrogen) atoms. The Morgan fingerprint density at radius 1 is 1.53 bits per heavy atom. The van der Waals surface area contributed by atoms with Crippen molar-refractivity contribution in [3.63, 3.8) is 0 Å². The summed E-state index contributed by atoms with van der Waals surface area (Å²) in [6, 6.07) is 5.32. The van der Waals surface area contributed by atoms with Gasteiger partial charge in [0, 0.05) is 23.7 Å². The number of aliphatic hydroxyl groups is 1. The summed E-state index contributed by atoms with van der Waals surface area (Å²) in [5.74, 6) is -0.0503. The van der Waals surface area contributed by atoms with Crippen molar-refractivity contribution in [2.75, 3.05) is 13.1 Å². The maximum Gasteiger partial charge on any atom is 0.253 e. The predicted octanol–water partition coefficient (Wildman–Crippen LogP) is 2.25. The van der Waals surface area contributed by atoms with Crippen LogP contribution in [0.3, 0.4) is 0 Å². The predicted molar refractivity (Wildman–Crippen MR) is 67.3 cm³/mol. The molecule has 0 spiro atoms. The van der Waals surface area contributed by atoms with Crippen molar-refractivity contribution in [3.05, 3.63) is 34.3 Å². The van der Waals surface area contributed by atoms with Gasteiger partial charge in [0.25, 0.3) is 5.91 Å². The van der Waals surface area contributed by atoms with Crippen LogP contribution in [-0.4, -0.2) is 35.1 Å². The quantitative estimate of drug-likeness (QED) is 0.834. The first-order chi connectivity index (χ1) is 8.08. The summed E-state index contributed by atoms with van der Waals surface area (Å²) in [5, 5.41) is 10.2. The molecule has 0 aromatic heterocycles. The number of amides is 1. The first kappa shape index (κ1) is 12.4. The van der Waals surface area contributed by atoms with Gasteiger partial charge in [-0.15, -0.1) is 0 Å². The summed E-state index contributed by atoms with van der Waals surface area (Å²) < 4.78 is 0. The number of benzene rings is 1. The van der Waals surface area contributed by atoms with E-state index in [9.17, 15) is 9.90 Å². The van der Waals surface area contributed by atoms with E-state index in [1.165, 1.54) is 0 Å². The lowest BCUT2D eigenvalue weighted by Gasteiger charge is -2.30. The van der Waals surface area contributed by atoms with E-state index in [1.54, 1.807) is 17.0 Å². The molecule has 3 nitrogen and oxygen atoms in total. The third-order valence-corrected chi connectivity index (χ3v) is 3.51. The Morgan fingerprint density at radius 2 is 2.29 bits per heavy atom. The first-order valence-corrected chi connectivity index (χ1v) is 6.19. The van der Waals surface area contributed by atoms with Gasteiger partial charge >= 0.3 is 0 Å². The monoisotopic (exact) mass is 253 g/mol. The second-order valence-electron chi connectivity index (χ2n) is 4.51. The van der Waals surface area contributed by atoms with Crippen LogP contribution in [0.25, 0.3) is 0 Å². The summed E-state index contributed by atoms with van der Waals surface area (Å²) in [6.07, 6.45) is 1.24. The van der Waals surface area contributed by atoms with E-state index < -0.39 is 6.10 Å². The molecule has 2 rings (SSSR count). The molecule has 1 heterocycles. The normalized spacial score (nSPS) is 20.4. The number of carbonyl (C=O) groups excluding carboxylic acids is 1. The number of likely N-dealkylation sites (tertiary alicyclic amines) is 1. The third kappa shape index (κ3) is 2.79. The van der Waals surface area contributed by atoms with Crippen molar-refractivity contribution < 1.29 is 9.90 Å². The van der Waals surface area contributed by atoms with Crippen LogP contribution in [0.15, 0.2) is 18.2 Å². The molecule has 1 atom stereocenters. The maximum atomic E-state index is 12.2. The van der Waals surface area contributed by atoms with Crippen molar-refractivity contribution in [3.8, 4) is 0 Å². The van der Waals surface area contributed by atoms with Crippen LogP contribution in [0, 0.1) is 6.92 Å². The van der Waals surface area contributed by atoms with Gasteiger partial charge in [0.15, 0.2) is 0 Å². The zero-order valence-electron chi connectivity index (χ0n) is 9.82. The minimum absolute atomic E-state index is 0.0503. The molecule has 1 aromatic carbocycles. The molecule has 0 unspecified atom stereocenters. The van der Waals surface area contributed by atoms with Crippen LogP contribution >= 0.6 is 11.6 Å². The maximum absolute atomic E-state index is 12.2. The largest absolute Gasteiger partial charge is 0.391 e. The minimum atomic E-state index is -0.395. The fourth-order valence-corrected chi connectivity index (χ4v) is 2.23. The number of halogens is 1. The van der Waals surface area contributed by atoms with Gasteiger partial charge in [-0.05, 0) is 37.5 Å². The molecule has 1 aliphatic rings. The number of carbonyl (C=O) groups is 1. The molecule has 1 fully saturated rings. The molecule has 0 aliphatic carbocycles. The van der Waals surface area contributed by atoms with Crippen LogP contribution in [0.4, 0.5) is 0 Å². The average Bonchev–Trinajstić information content (AvgIpc) is 2.32. The van der Waals surface area contributed by atoms with Crippen molar-refractivity contribution in [2.45, 2.75) is 25.9 Å². The molecule has 1 aliphatic heterocycles. The highest BCUT2D eigenvalue weighted by Gasteiger charge is 2.23. The van der Waals surface area contributed by atoms with Crippen molar-refractivity contribution in [1.82, 2.24) is 4.90 Å². The van der Waals surface area contributed by atoms with Gasteiger partial charge in [-0.3, -0.25) is 4.79 Å². The molecule has 1 aromatic rings. The van der Waals surface area contributed by atoms with Crippen LogP contribution in [0.5, 0.6) is 0 Å². The molecule has 0 radical (unpaired) electrons. The number of hydrogen-bond acceptors (Lipinski definition) is 2. The number of aryl methyl sites for hydroxylation is 1. The highest BCUT2D eigenvalue weighted by Crippen LogP contribution is 2.19. The van der Waals surface area contributed by atoms with Crippen LogP contribution < -0.4 is 0 Å². The topological polar surface area (TPSA) is 40.5 Å². The summed E-state index contributed by atoms with van der Waals surface area (Å²) in [5.41, 5.74) is 1.55. The molecule has 1 amide bonds. The molecule has 92 valence electrons. The minimum Gasteiger partial charge on any atom is -0.391 e. The second-order valence-corrected chi connectivity index (χ2v) is 4.92. The fourth-order valence-electron chi connectivity index (χ4n) is 2.05. The number of hydrogen-bond donors (Lipinski definition) is 1. The first-order valence-electron chi connectivity index (χ1n) is 5.81. The summed E-state index contributed by atoms with van der Waals surface area (Å²) in [4.78, 5) is 13.9. The van der Waals surface area contributed by atoms with Crippen molar-refractivity contribution in [2.24, 2.45) is 0 Å². The third-order valence-electron chi connectivity index (χ3n) is 3.10. The molecular weight excluding hydrogens is 238 g/mol. The number of aliphatic hydroxyl groups excluding tert-OH is 1. The van der Waals surface area contributed by atoms with Gasteiger partial charge in [-0.1, -0.05) is 17.7 Å². The average molecular weight is 254 g/mol. The number of rotatable bonds is 1. The molecule has 1 N–H and O–H groups in total. The Labute approximate surface area is 106 Å². The van der Waals surface area contributed by atoms with Gasteiger partial charge in [-0.25, -0.2) is 0 Å². The van der Waals surface area contributed by atoms with Crippen LogP contribution in [0.2, 0.25) is 5.02 Å². The van der Waals surface area contributed by atoms with E-state index in [-0.39, 0.29) is 5.91 Å². The molecule has 4 heteroatoms. The highest BCUT2D eigenvalue weighted by molar-refractivity contribution is 6.31. The Balaban J connectivity index is 2.15. The summed E-state index contributed by atoms with van der Waals surface area (Å²) >= 11 is 6.01. The standard InChI is InChI=1S/C13H16ClNO2/c1-9-4-5-10(7-12(9)14)13(17)15-6-2-3-11(16)8-15/h4-5,7,11,16H,2-3,6,8H2,1H3/t11-/m0/s1. The second kappa shape index (κ2) is 5.07. The Kier molecular flexibility index (Phi) is 3.69. The fraction of sp³-hybridized carbons (Fsp3) is 0.462. The van der Waals surface area contributed by atoms with Gasteiger partial charge in [0.2, 0.25) is 0 Å². The van der Waals surface area contributed by atoms with Gasteiger partial charge < -0.3 is 10.0 Å². The van der Waals surface area contributed by atoms with E-state index >= 15 is 0 Å². The number of piperidine rings is 1. The van der Waals surface area contributed by atoms with Crippen molar-refractivity contribution >= 4 is 17.5 Å². The summed E-state index contributed by atoms with van der Waals surface area (Å²) in [6.45, 7) is 3.03. The van der Waals surface area contributed by atoms with E-state index in [1.807, 2.05) is 13.0 Å². The molecule has 0 bridgehead atoms. The molecule has 1 saturated heterocycles. The lowest BCUT2D eigenvalue weighted by Crippen LogP contribution is -2.42. The van der Waals surface area contributed by atoms with Crippen LogP contribution in [0.1, 0.15) is 28.8 Å². The van der Waals surface area contributed by atoms with Gasteiger partial charge in [0.05, 0.1) is 6.10 Å². The van der Waals surface area contributed by atoms with E-state index in [2.05, 4.69) is 0 Å². The lowest BCUT2D eigenvalue weighted by atomic mass is 10.1. The molecular formula is C13H16ClNO2. The Hall–Kier alpha value is -1.06. The number of β-amino-alcohol motifs (C(OH)–C–C–N with tert-alkyl or cyclic N) is 1. The smallest absolute Gasteiger partial charge is 0.253 e. The van der Waals surface area contributed by atoms with Crippen LogP contribution in [-0.2, 0) is 0 Å². The summed E-state index contributed by atoms with van der Waals surface area (Å²) in [7, 11) is 0. The Bertz CT molecular complexity index is 433. The zero-order valence-corrected chi connectivity index (χ0v) is 10.6. The van der Waals surface area contributed by atoms with Gasteiger partial charge in [0.1, 0.15) is 0 Å². The van der Waals surface area contributed by atoms with Crippen molar-refractivity contribution in [1.29, 1.82) is 0 Å². The lowest BCUT2D eigenvalue weighted by molar-refractivity contribution is 0.0474. The molecule has 0 saturated carbocycles. The number of nitrogens with zero attached hydrogens (tertiary/aromatic N) is 1. The van der Waals surface area contributed by atoms with E-state index in [4.69, 9.17) is 11.6 Å². The zero-order chi connectivity index (χ0) is 12.4. The van der Waals surface area contributed by atoms with E-state index in [0.29, 0.717) is 23.7 Å².